The minimum atomic E-state index is -3.64. The van der Waals surface area contributed by atoms with Crippen LogP contribution in [0.1, 0.15) is 144 Å². The predicted octanol–water partition coefficient (Wildman–Crippen LogP) is 6.22. The van der Waals surface area contributed by atoms with Gasteiger partial charge in [-0.15, -0.1) is 0 Å². The van der Waals surface area contributed by atoms with E-state index in [-0.39, 0.29) is 53.5 Å². The number of fused-ring (bicyclic) bond motifs is 4. The van der Waals surface area contributed by atoms with E-state index in [0.29, 0.717) is 67.4 Å². The van der Waals surface area contributed by atoms with Crippen LogP contribution in [0.4, 0.5) is 0 Å². The Morgan fingerprint density at radius 1 is 0.906 bits per heavy atom. The van der Waals surface area contributed by atoms with Crippen LogP contribution in [0.2, 0.25) is 0 Å². The highest BCUT2D eigenvalue weighted by atomic mass is 32.2. The first-order valence-corrected chi connectivity index (χ1v) is 25.0. The van der Waals surface area contributed by atoms with Crippen LogP contribution in [0.5, 0.6) is 11.5 Å². The number of sulfone groups is 1. The van der Waals surface area contributed by atoms with Gasteiger partial charge in [-0.1, -0.05) is 55.7 Å². The van der Waals surface area contributed by atoms with E-state index in [1.165, 1.54) is 23.8 Å². The summed E-state index contributed by atoms with van der Waals surface area (Å²) >= 11 is 0. The topological polar surface area (TPSA) is 172 Å². The van der Waals surface area contributed by atoms with Crippen molar-refractivity contribution in [1.82, 2.24) is 20.0 Å². The van der Waals surface area contributed by atoms with Gasteiger partial charge in [0.1, 0.15) is 28.0 Å². The molecule has 1 N–H and O–H groups in total. The summed E-state index contributed by atoms with van der Waals surface area (Å²) in [6, 6.07) is 15.3. The van der Waals surface area contributed by atoms with Crippen molar-refractivity contribution in [2.45, 2.75) is 121 Å². The van der Waals surface area contributed by atoms with Crippen molar-refractivity contribution in [3.05, 3.63) is 93.5 Å². The fraction of sp³-hybridized carbons (Fsp3) is 0.531. The summed E-state index contributed by atoms with van der Waals surface area (Å²) in [7, 11) is -2.14. The number of ketones is 1. The molecule has 5 heterocycles. The van der Waals surface area contributed by atoms with E-state index in [4.69, 9.17) is 14.2 Å². The zero-order valence-corrected chi connectivity index (χ0v) is 38.0. The molecule has 0 aliphatic carbocycles. The lowest BCUT2D eigenvalue weighted by atomic mass is 9.86. The average Bonchev–Trinajstić information content (AvgIpc) is 4.04. The number of carbonyl (C=O) groups excluding carboxylic acids is 5. The largest absolute Gasteiger partial charge is 0.493 e. The molecule has 64 heavy (non-hydrogen) atoms. The van der Waals surface area contributed by atoms with Crippen molar-refractivity contribution in [2.75, 3.05) is 45.4 Å². The van der Waals surface area contributed by atoms with Gasteiger partial charge in [0.05, 0.1) is 42.7 Å². The molecular formula is C49H60N4O10S. The number of methoxy groups -OCH3 is 1. The van der Waals surface area contributed by atoms with Gasteiger partial charge in [-0.05, 0) is 117 Å². The van der Waals surface area contributed by atoms with Crippen LogP contribution in [-0.2, 0) is 41.9 Å². The number of imide groups is 2. The minimum Gasteiger partial charge on any atom is -0.493 e. The Kier molecular flexibility index (Phi) is 14.0. The molecule has 0 radical (unpaired) electrons. The first kappa shape index (κ1) is 45.6. The zero-order chi connectivity index (χ0) is 45.1. The fourth-order valence-electron chi connectivity index (χ4n) is 10.2. The molecule has 0 aromatic heterocycles. The third-order valence-corrected chi connectivity index (χ3v) is 14.5. The summed E-state index contributed by atoms with van der Waals surface area (Å²) < 4.78 is 42.4. The number of epoxide rings is 1. The number of carbonyl (C=O) groups is 5. The van der Waals surface area contributed by atoms with Gasteiger partial charge >= 0.3 is 0 Å². The van der Waals surface area contributed by atoms with E-state index in [1.54, 1.807) is 36.4 Å². The summed E-state index contributed by atoms with van der Waals surface area (Å²) in [5.41, 5.74) is 5.28. The highest BCUT2D eigenvalue weighted by Gasteiger charge is 2.53. The number of piperidine rings is 2. The molecule has 8 rings (SSSR count). The minimum absolute atomic E-state index is 0.00200. The molecule has 3 unspecified atom stereocenters. The van der Waals surface area contributed by atoms with E-state index in [1.807, 2.05) is 6.92 Å². The second kappa shape index (κ2) is 19.6. The maximum Gasteiger partial charge on any atom is 0.262 e. The van der Waals surface area contributed by atoms with Gasteiger partial charge < -0.3 is 19.1 Å². The van der Waals surface area contributed by atoms with Gasteiger partial charge in [-0.3, -0.25) is 39.1 Å². The number of rotatable bonds is 20. The maximum absolute atomic E-state index is 14.0. The van der Waals surface area contributed by atoms with Crippen molar-refractivity contribution in [2.24, 2.45) is 0 Å². The van der Waals surface area contributed by atoms with Crippen molar-refractivity contribution < 1.29 is 46.6 Å². The monoisotopic (exact) mass is 896 g/mol. The lowest BCUT2D eigenvalue weighted by Crippen LogP contribution is -2.53. The van der Waals surface area contributed by atoms with Crippen LogP contribution in [-0.4, -0.2) is 110 Å². The molecule has 3 aromatic rings. The molecule has 15 heteroatoms. The van der Waals surface area contributed by atoms with Gasteiger partial charge in [-0.25, -0.2) is 8.42 Å². The average molecular weight is 897 g/mol. The van der Waals surface area contributed by atoms with Gasteiger partial charge in [0, 0.05) is 32.1 Å². The summed E-state index contributed by atoms with van der Waals surface area (Å²) in [6.45, 7) is 6.00. The molecule has 0 bridgehead atoms. The van der Waals surface area contributed by atoms with Crippen LogP contribution in [0, 0.1) is 0 Å². The van der Waals surface area contributed by atoms with Gasteiger partial charge in [0.25, 0.3) is 11.8 Å². The normalized spacial score (nSPS) is 21.9. The molecule has 14 nitrogen and oxygen atoms in total. The molecule has 3 aromatic carbocycles. The fourth-order valence-corrected chi connectivity index (χ4v) is 11.1. The maximum atomic E-state index is 14.0. The van der Waals surface area contributed by atoms with E-state index >= 15 is 0 Å². The zero-order valence-electron chi connectivity index (χ0n) is 37.1. The highest BCUT2D eigenvalue weighted by Crippen LogP contribution is 2.49. The van der Waals surface area contributed by atoms with Crippen LogP contribution in [0.15, 0.2) is 54.6 Å². The van der Waals surface area contributed by atoms with E-state index in [2.05, 4.69) is 33.3 Å². The van der Waals surface area contributed by atoms with Crippen molar-refractivity contribution in [1.29, 1.82) is 0 Å². The molecule has 4 amide bonds. The van der Waals surface area contributed by atoms with E-state index < -0.39 is 33.4 Å². The first-order valence-electron chi connectivity index (χ1n) is 22.9. The van der Waals surface area contributed by atoms with Crippen LogP contribution < -0.4 is 14.8 Å². The van der Waals surface area contributed by atoms with Crippen LogP contribution in [0.3, 0.4) is 0 Å². The number of amides is 4. The Hall–Kier alpha value is -4.96. The quantitative estimate of drug-likeness (QED) is 0.0773. The van der Waals surface area contributed by atoms with Gasteiger partial charge in [0.2, 0.25) is 11.8 Å². The number of benzene rings is 3. The van der Waals surface area contributed by atoms with Crippen molar-refractivity contribution in [3.8, 4) is 11.5 Å². The number of unbranched alkanes of at least 4 members (excludes halogenated alkanes) is 4. The number of ether oxygens (including phenoxy) is 3. The molecule has 4 atom stereocenters. The number of likely N-dealkylation sites (tertiary alicyclic amines) is 1. The molecular weight excluding hydrogens is 837 g/mol. The third-order valence-electron chi connectivity index (χ3n) is 13.6. The Morgan fingerprint density at radius 2 is 1.69 bits per heavy atom. The predicted molar refractivity (Wildman–Crippen MR) is 239 cm³/mol. The molecule has 0 saturated carbocycles. The second-order valence-corrected chi connectivity index (χ2v) is 20.2. The first-order chi connectivity index (χ1) is 30.8. The summed E-state index contributed by atoms with van der Waals surface area (Å²) in [4.78, 5) is 71.0. The standard InChI is InChI=1S/C49H60N4O10S/c1-4-62-42-28-34(16-20-41(42)61-2)40(30-64(3,59)60)53-47(57)38-13-10-11-32(44(38)48(53)58)14-17-36(54)12-8-6-5-7-9-24-51-25-22-31(23-26-51)33-15-18-37-35(27-33)29-52(49-45(37)63-49)39-19-21-43(55)50-46(39)56/h10-11,13,15-16,18,20,27-28,31,39-40,45,49H,4-9,12,14,17,19,21-26,29-30H2,1-3H3,(H,50,55,56)/t39?,40-,45?,49?/m1/s1. The highest BCUT2D eigenvalue weighted by molar-refractivity contribution is 7.90. The lowest BCUT2D eigenvalue weighted by Gasteiger charge is -2.35. The molecule has 0 spiro atoms. The number of hydrogen-bond donors (Lipinski definition) is 1. The van der Waals surface area contributed by atoms with Crippen LogP contribution >= 0.6 is 0 Å². The number of nitrogens with zero attached hydrogens (tertiary/aromatic N) is 3. The Morgan fingerprint density at radius 3 is 2.44 bits per heavy atom. The van der Waals surface area contributed by atoms with Gasteiger partial charge in [0.15, 0.2) is 11.5 Å². The lowest BCUT2D eigenvalue weighted by molar-refractivity contribution is -0.138. The number of nitrogens with one attached hydrogen (secondary N) is 1. The molecule has 3 saturated heterocycles. The Balaban J connectivity index is 0.753. The summed E-state index contributed by atoms with van der Waals surface area (Å²) in [5, 5.41) is 2.50. The molecule has 5 aliphatic rings. The molecule has 5 aliphatic heterocycles. The smallest absolute Gasteiger partial charge is 0.262 e. The number of Topliss-reactive ketones (excluding diaryl/α,β-unsaturated/α-hetero) is 1. The van der Waals surface area contributed by atoms with Gasteiger partial charge in [-0.2, -0.15) is 0 Å². The van der Waals surface area contributed by atoms with E-state index in [0.717, 1.165) is 75.7 Å². The molecule has 342 valence electrons. The van der Waals surface area contributed by atoms with Crippen molar-refractivity contribution >= 4 is 39.2 Å². The Labute approximate surface area is 375 Å². The van der Waals surface area contributed by atoms with Crippen molar-refractivity contribution in [3.63, 3.8) is 0 Å². The Bertz CT molecular complexity index is 2400. The molecule has 3 fully saturated rings. The van der Waals surface area contributed by atoms with Crippen LogP contribution in [0.25, 0.3) is 0 Å². The van der Waals surface area contributed by atoms with E-state index in [9.17, 15) is 32.4 Å². The second-order valence-electron chi connectivity index (χ2n) is 18.0. The SMILES string of the molecule is CCOc1cc([C@@H](CS(C)(=O)=O)N2C(=O)c3cccc(CCC(=O)CCCCCCCN4CCC(c5ccc6c(c5)CN(C5CCC(=O)NC5=O)C5OC65)CC4)c3C2=O)ccc1OC. The summed E-state index contributed by atoms with van der Waals surface area (Å²) in [6.07, 6.45) is 10.2. The summed E-state index contributed by atoms with van der Waals surface area (Å²) in [5.74, 6) is -0.583. The number of aryl methyl sites for hydroxylation is 1. The number of hydrogen-bond acceptors (Lipinski definition) is 12. The third kappa shape index (κ3) is 10.1.